The number of carbonyl (C=O) groups excluding carboxylic acids is 1. The minimum atomic E-state index is -0.388. The van der Waals surface area contributed by atoms with Crippen LogP contribution in [0.25, 0.3) is 16.9 Å². The van der Waals surface area contributed by atoms with Gasteiger partial charge in [-0.25, -0.2) is 14.3 Å². The normalized spacial score (nSPS) is 10.7. The van der Waals surface area contributed by atoms with E-state index in [9.17, 15) is 4.79 Å². The number of hydrogen-bond donors (Lipinski definition) is 0. The van der Waals surface area contributed by atoms with E-state index in [0.717, 1.165) is 17.0 Å². The average molecular weight is 311 g/mol. The van der Waals surface area contributed by atoms with E-state index in [-0.39, 0.29) is 5.97 Å². The van der Waals surface area contributed by atoms with Gasteiger partial charge in [-0.05, 0) is 38.1 Å². The lowest BCUT2D eigenvalue weighted by atomic mass is 10.1. The number of rotatable bonds is 4. The third-order valence-corrected chi connectivity index (χ3v) is 3.61. The van der Waals surface area contributed by atoms with Crippen LogP contribution in [0.3, 0.4) is 0 Å². The molecule has 0 bridgehead atoms. The molecule has 0 unspecified atom stereocenters. The molecule has 118 valence electrons. The van der Waals surface area contributed by atoms with Gasteiger partial charge in [0.25, 0.3) is 0 Å². The van der Waals surface area contributed by atoms with Crippen molar-refractivity contribution in [3.8, 4) is 17.0 Å². The summed E-state index contributed by atoms with van der Waals surface area (Å²) >= 11 is 0. The van der Waals surface area contributed by atoms with E-state index in [1.165, 1.54) is 6.20 Å². The maximum atomic E-state index is 11.9. The Morgan fingerprint density at radius 1 is 1.26 bits per heavy atom. The lowest BCUT2D eigenvalue weighted by Gasteiger charge is -2.06. The molecule has 0 fully saturated rings. The minimum absolute atomic E-state index is 0.326. The van der Waals surface area contributed by atoms with Gasteiger partial charge < -0.3 is 9.47 Å². The fraction of sp³-hybridized carbons (Fsp3) is 0.235. The van der Waals surface area contributed by atoms with Crippen molar-refractivity contribution in [1.29, 1.82) is 0 Å². The van der Waals surface area contributed by atoms with Crippen LogP contribution in [-0.4, -0.2) is 34.3 Å². The highest BCUT2D eigenvalue weighted by molar-refractivity contribution is 5.90. The molecular formula is C17H17N3O3. The first-order valence-corrected chi connectivity index (χ1v) is 7.31. The van der Waals surface area contributed by atoms with Gasteiger partial charge in [-0.3, -0.25) is 0 Å². The first kappa shape index (κ1) is 15.0. The molecular weight excluding hydrogens is 294 g/mol. The Labute approximate surface area is 133 Å². The second kappa shape index (κ2) is 6.08. The Balaban J connectivity index is 2.04. The van der Waals surface area contributed by atoms with Crippen LogP contribution in [0.15, 0.2) is 36.5 Å². The molecule has 0 N–H and O–H groups in total. The third kappa shape index (κ3) is 2.75. The summed E-state index contributed by atoms with van der Waals surface area (Å²) in [5, 5.41) is 4.55. The average Bonchev–Trinajstić information content (AvgIpc) is 3.00. The highest BCUT2D eigenvalue weighted by Gasteiger charge is 2.15. The van der Waals surface area contributed by atoms with Crippen LogP contribution in [0.4, 0.5) is 0 Å². The van der Waals surface area contributed by atoms with Gasteiger partial charge in [0.1, 0.15) is 5.75 Å². The van der Waals surface area contributed by atoms with Gasteiger partial charge >= 0.3 is 5.97 Å². The number of benzene rings is 1. The fourth-order valence-electron chi connectivity index (χ4n) is 2.36. The van der Waals surface area contributed by atoms with Gasteiger partial charge in [-0.2, -0.15) is 5.10 Å². The zero-order valence-electron chi connectivity index (χ0n) is 13.2. The molecule has 0 saturated carbocycles. The Morgan fingerprint density at radius 3 is 2.65 bits per heavy atom. The first-order chi connectivity index (χ1) is 11.1. The van der Waals surface area contributed by atoms with E-state index in [2.05, 4.69) is 10.1 Å². The van der Waals surface area contributed by atoms with Crippen LogP contribution in [-0.2, 0) is 4.74 Å². The van der Waals surface area contributed by atoms with Crippen molar-refractivity contribution in [2.75, 3.05) is 13.7 Å². The predicted octanol–water partition coefficient (Wildman–Crippen LogP) is 2.89. The molecule has 3 aromatic rings. The minimum Gasteiger partial charge on any atom is -0.497 e. The van der Waals surface area contributed by atoms with Crippen molar-refractivity contribution in [3.05, 3.63) is 47.8 Å². The van der Waals surface area contributed by atoms with Gasteiger partial charge in [0.15, 0.2) is 5.65 Å². The molecule has 3 rings (SSSR count). The van der Waals surface area contributed by atoms with Crippen molar-refractivity contribution in [2.24, 2.45) is 0 Å². The molecule has 0 amide bonds. The van der Waals surface area contributed by atoms with Gasteiger partial charge in [0, 0.05) is 17.8 Å². The number of aromatic nitrogens is 3. The monoisotopic (exact) mass is 311 g/mol. The molecule has 2 aromatic heterocycles. The van der Waals surface area contributed by atoms with Crippen LogP contribution in [0.2, 0.25) is 0 Å². The second-order valence-electron chi connectivity index (χ2n) is 5.01. The van der Waals surface area contributed by atoms with Crippen molar-refractivity contribution in [1.82, 2.24) is 14.6 Å². The van der Waals surface area contributed by atoms with Gasteiger partial charge in [0.2, 0.25) is 0 Å². The lowest BCUT2D eigenvalue weighted by Crippen LogP contribution is -2.11. The van der Waals surface area contributed by atoms with Crippen LogP contribution in [0.1, 0.15) is 23.0 Å². The van der Waals surface area contributed by atoms with E-state index in [1.807, 2.05) is 37.3 Å². The molecule has 6 nitrogen and oxygen atoms in total. The highest BCUT2D eigenvalue weighted by Crippen LogP contribution is 2.23. The zero-order chi connectivity index (χ0) is 16.4. The number of hydrogen-bond acceptors (Lipinski definition) is 5. The van der Waals surface area contributed by atoms with Gasteiger partial charge in [-0.15, -0.1) is 0 Å². The highest BCUT2D eigenvalue weighted by atomic mass is 16.5. The largest absolute Gasteiger partial charge is 0.497 e. The van der Waals surface area contributed by atoms with Crippen molar-refractivity contribution < 1.29 is 14.3 Å². The molecule has 0 spiro atoms. The standard InChI is InChI=1S/C17H17N3O3/c1-4-23-17(21)14-10-18-16-9-15(19-20(16)11(14)2)12-5-7-13(22-3)8-6-12/h5-10H,4H2,1-3H3. The number of fused-ring (bicyclic) bond motifs is 1. The van der Waals surface area contributed by atoms with E-state index in [0.29, 0.717) is 23.5 Å². The van der Waals surface area contributed by atoms with Crippen LogP contribution in [0.5, 0.6) is 5.75 Å². The van der Waals surface area contributed by atoms with Gasteiger partial charge in [-0.1, -0.05) is 0 Å². The van der Waals surface area contributed by atoms with Crippen molar-refractivity contribution in [3.63, 3.8) is 0 Å². The molecule has 0 atom stereocenters. The van der Waals surface area contributed by atoms with Crippen LogP contribution < -0.4 is 4.74 Å². The molecule has 0 radical (unpaired) electrons. The molecule has 0 aliphatic carbocycles. The third-order valence-electron chi connectivity index (χ3n) is 3.61. The molecule has 0 saturated heterocycles. The van der Waals surface area contributed by atoms with E-state index in [4.69, 9.17) is 9.47 Å². The first-order valence-electron chi connectivity index (χ1n) is 7.31. The summed E-state index contributed by atoms with van der Waals surface area (Å²) in [5.74, 6) is 0.400. The van der Waals surface area contributed by atoms with Crippen molar-refractivity contribution in [2.45, 2.75) is 13.8 Å². The Kier molecular flexibility index (Phi) is 3.97. The summed E-state index contributed by atoms with van der Waals surface area (Å²) < 4.78 is 11.9. The molecule has 0 aliphatic rings. The van der Waals surface area contributed by atoms with E-state index < -0.39 is 0 Å². The van der Waals surface area contributed by atoms with Crippen LogP contribution >= 0.6 is 0 Å². The number of nitrogens with zero attached hydrogens (tertiary/aromatic N) is 3. The molecule has 1 aromatic carbocycles. The van der Waals surface area contributed by atoms with E-state index >= 15 is 0 Å². The lowest BCUT2D eigenvalue weighted by molar-refractivity contribution is 0.0524. The quantitative estimate of drug-likeness (QED) is 0.693. The molecule has 0 aliphatic heterocycles. The number of esters is 1. The number of methoxy groups -OCH3 is 1. The predicted molar refractivity (Wildman–Crippen MR) is 85.7 cm³/mol. The fourth-order valence-corrected chi connectivity index (χ4v) is 2.36. The molecule has 6 heteroatoms. The topological polar surface area (TPSA) is 65.7 Å². The molecule has 2 heterocycles. The van der Waals surface area contributed by atoms with E-state index in [1.54, 1.807) is 18.5 Å². The Morgan fingerprint density at radius 2 is 2.00 bits per heavy atom. The molecule has 23 heavy (non-hydrogen) atoms. The summed E-state index contributed by atoms with van der Waals surface area (Å²) in [6.45, 7) is 3.92. The summed E-state index contributed by atoms with van der Waals surface area (Å²) in [7, 11) is 1.63. The maximum Gasteiger partial charge on any atom is 0.341 e. The summed E-state index contributed by atoms with van der Waals surface area (Å²) in [6.07, 6.45) is 1.53. The number of aryl methyl sites for hydroxylation is 1. The maximum absolute atomic E-state index is 11.9. The van der Waals surface area contributed by atoms with Crippen molar-refractivity contribution >= 4 is 11.6 Å². The zero-order valence-corrected chi connectivity index (χ0v) is 13.2. The Hall–Kier alpha value is -2.89. The summed E-state index contributed by atoms with van der Waals surface area (Å²) in [4.78, 5) is 16.2. The van der Waals surface area contributed by atoms with Crippen LogP contribution in [0, 0.1) is 6.92 Å². The van der Waals surface area contributed by atoms with Gasteiger partial charge in [0.05, 0.1) is 30.7 Å². The summed E-state index contributed by atoms with van der Waals surface area (Å²) in [5.41, 5.74) is 3.54. The second-order valence-corrected chi connectivity index (χ2v) is 5.01. The Bertz CT molecular complexity index is 853. The summed E-state index contributed by atoms with van der Waals surface area (Å²) in [6, 6.07) is 9.50. The number of carbonyl (C=O) groups is 1. The SMILES string of the molecule is CCOC(=O)c1cnc2cc(-c3ccc(OC)cc3)nn2c1C. The smallest absolute Gasteiger partial charge is 0.341 e. The number of ether oxygens (including phenoxy) is 2.